The largest absolute Gasteiger partial charge is 0.508 e. The van der Waals surface area contributed by atoms with Crippen LogP contribution in [0.3, 0.4) is 0 Å². The number of ketones is 1. The van der Waals surface area contributed by atoms with Gasteiger partial charge in [-0.1, -0.05) is 42.5 Å². The first-order valence-electron chi connectivity index (χ1n) is 8.28. The predicted molar refractivity (Wildman–Crippen MR) is 104 cm³/mol. The summed E-state index contributed by atoms with van der Waals surface area (Å²) in [5.41, 5.74) is 2.28. The number of phenols is 1. The lowest BCUT2D eigenvalue weighted by atomic mass is 10.0. The number of nitro groups is 1. The molecule has 28 heavy (non-hydrogen) atoms. The number of aromatic hydroxyl groups is 1. The highest BCUT2D eigenvalue weighted by atomic mass is 16.6. The number of rotatable bonds is 3. The molecule has 0 aliphatic rings. The summed E-state index contributed by atoms with van der Waals surface area (Å²) in [6.07, 6.45) is 3.22. The number of hydrogen-bond acceptors (Lipinski definition) is 6. The van der Waals surface area contributed by atoms with Crippen LogP contribution in [-0.4, -0.2) is 25.8 Å². The number of phenolic OH excluding ortho intramolecular Hbond substituents is 1. The molecule has 4 aromatic rings. The lowest BCUT2D eigenvalue weighted by Gasteiger charge is -2.00. The number of nitro benzene ring substituents is 1. The smallest absolute Gasteiger partial charge is 0.270 e. The van der Waals surface area contributed by atoms with Crippen molar-refractivity contribution in [3.63, 3.8) is 0 Å². The van der Waals surface area contributed by atoms with Gasteiger partial charge in [0.25, 0.3) is 5.69 Å². The van der Waals surface area contributed by atoms with Gasteiger partial charge in [0.2, 0.25) is 0 Å². The molecule has 7 heteroatoms. The van der Waals surface area contributed by atoms with Crippen molar-refractivity contribution in [3.05, 3.63) is 106 Å². The standard InChI is InChI=1S/C13H9NO3.C8H6N2O/c15-13(10-5-2-1-3-6-10)11-7-4-8-12(9-11)14(16)17;11-6-1-2-7-8(5-6)10-4-3-9-7/h1-9H;1-5,11H. The Labute approximate surface area is 160 Å². The quantitative estimate of drug-likeness (QED) is 0.328. The average Bonchev–Trinajstić information content (AvgIpc) is 2.74. The minimum absolute atomic E-state index is 0.0771. The molecule has 0 saturated heterocycles. The molecule has 1 heterocycles. The summed E-state index contributed by atoms with van der Waals surface area (Å²) in [4.78, 5) is 30.2. The Morgan fingerprint density at radius 2 is 1.50 bits per heavy atom. The number of aromatic nitrogens is 2. The Hall–Kier alpha value is -4.13. The van der Waals surface area contributed by atoms with Crippen molar-refractivity contribution in [2.24, 2.45) is 0 Å². The van der Waals surface area contributed by atoms with Crippen molar-refractivity contribution < 1.29 is 14.8 Å². The lowest BCUT2D eigenvalue weighted by molar-refractivity contribution is -0.384. The molecule has 7 nitrogen and oxygen atoms in total. The maximum atomic E-state index is 12.0. The van der Waals surface area contributed by atoms with E-state index in [9.17, 15) is 14.9 Å². The molecular weight excluding hydrogens is 358 g/mol. The van der Waals surface area contributed by atoms with Crippen LogP contribution in [0.25, 0.3) is 11.0 Å². The lowest BCUT2D eigenvalue weighted by Crippen LogP contribution is -2.01. The van der Waals surface area contributed by atoms with Crippen LogP contribution in [0.15, 0.2) is 85.2 Å². The van der Waals surface area contributed by atoms with Crippen LogP contribution in [0, 0.1) is 10.1 Å². The van der Waals surface area contributed by atoms with E-state index in [2.05, 4.69) is 9.97 Å². The van der Waals surface area contributed by atoms with Crippen LogP contribution in [0.1, 0.15) is 15.9 Å². The van der Waals surface area contributed by atoms with Gasteiger partial charge in [0.15, 0.2) is 5.78 Å². The molecule has 4 rings (SSSR count). The minimum Gasteiger partial charge on any atom is -0.508 e. The summed E-state index contributed by atoms with van der Waals surface area (Å²) in [5, 5.41) is 19.7. The van der Waals surface area contributed by atoms with E-state index in [0.29, 0.717) is 16.6 Å². The molecule has 0 fully saturated rings. The van der Waals surface area contributed by atoms with Crippen LogP contribution < -0.4 is 0 Å². The van der Waals surface area contributed by atoms with Gasteiger partial charge in [-0.15, -0.1) is 0 Å². The normalized spacial score (nSPS) is 10.0. The summed E-state index contributed by atoms with van der Waals surface area (Å²) < 4.78 is 0. The Kier molecular flexibility index (Phi) is 5.66. The number of carbonyl (C=O) groups is 1. The summed E-state index contributed by atoms with van der Waals surface area (Å²) in [5.74, 6) is 0.00676. The van der Waals surface area contributed by atoms with Crippen LogP contribution >= 0.6 is 0 Å². The first kappa shape index (κ1) is 18.7. The highest BCUT2D eigenvalue weighted by molar-refractivity contribution is 6.09. The van der Waals surface area contributed by atoms with Crippen molar-refractivity contribution in [3.8, 4) is 5.75 Å². The van der Waals surface area contributed by atoms with Crippen molar-refractivity contribution >= 4 is 22.5 Å². The van der Waals surface area contributed by atoms with Gasteiger partial charge in [-0.2, -0.15) is 0 Å². The molecule has 0 radical (unpaired) electrons. The second-order valence-corrected chi connectivity index (χ2v) is 5.73. The van der Waals surface area contributed by atoms with Gasteiger partial charge in [0, 0.05) is 41.7 Å². The van der Waals surface area contributed by atoms with Crippen LogP contribution in [0.4, 0.5) is 5.69 Å². The van der Waals surface area contributed by atoms with Crippen LogP contribution in [0.5, 0.6) is 5.75 Å². The van der Waals surface area contributed by atoms with E-state index in [1.54, 1.807) is 60.9 Å². The SMILES string of the molecule is O=C(c1ccccc1)c1cccc([N+](=O)[O-])c1.Oc1ccc2nccnc2c1. The Morgan fingerprint density at radius 1 is 0.821 bits per heavy atom. The third kappa shape index (κ3) is 4.53. The molecule has 0 aliphatic heterocycles. The molecule has 1 aromatic heterocycles. The van der Waals surface area contributed by atoms with Crippen molar-refractivity contribution in [2.75, 3.05) is 0 Å². The Bertz CT molecular complexity index is 1130. The van der Waals surface area contributed by atoms with Crippen LogP contribution in [0.2, 0.25) is 0 Å². The fourth-order valence-corrected chi connectivity index (χ4v) is 2.47. The van der Waals surface area contributed by atoms with Gasteiger partial charge < -0.3 is 5.11 Å². The van der Waals surface area contributed by atoms with E-state index >= 15 is 0 Å². The van der Waals surface area contributed by atoms with Crippen molar-refractivity contribution in [1.29, 1.82) is 0 Å². The zero-order valence-corrected chi connectivity index (χ0v) is 14.6. The molecule has 3 aromatic carbocycles. The van der Waals surface area contributed by atoms with Gasteiger partial charge >= 0.3 is 0 Å². The molecule has 1 N–H and O–H groups in total. The molecule has 0 unspecified atom stereocenters. The predicted octanol–water partition coefficient (Wildman–Crippen LogP) is 4.16. The van der Waals surface area contributed by atoms with E-state index in [0.717, 1.165) is 5.52 Å². The third-order valence-corrected chi connectivity index (χ3v) is 3.81. The Morgan fingerprint density at radius 3 is 2.21 bits per heavy atom. The summed E-state index contributed by atoms with van der Waals surface area (Å²) in [6.45, 7) is 0. The fraction of sp³-hybridized carbons (Fsp3) is 0. The fourth-order valence-electron chi connectivity index (χ4n) is 2.47. The first-order valence-corrected chi connectivity index (χ1v) is 8.28. The Balaban J connectivity index is 0.000000176. The van der Waals surface area contributed by atoms with E-state index in [1.165, 1.54) is 18.2 Å². The van der Waals surface area contributed by atoms with Crippen LogP contribution in [-0.2, 0) is 0 Å². The highest BCUT2D eigenvalue weighted by Gasteiger charge is 2.12. The molecule has 0 spiro atoms. The molecule has 138 valence electrons. The van der Waals surface area contributed by atoms with Gasteiger partial charge in [0.1, 0.15) is 5.75 Å². The molecule has 0 amide bonds. The van der Waals surface area contributed by atoms with E-state index in [1.807, 2.05) is 6.07 Å². The number of fused-ring (bicyclic) bond motifs is 1. The molecule has 0 saturated carbocycles. The number of hydrogen-bond donors (Lipinski definition) is 1. The van der Waals surface area contributed by atoms with Gasteiger partial charge in [-0.25, -0.2) is 0 Å². The second-order valence-electron chi connectivity index (χ2n) is 5.73. The summed E-state index contributed by atoms with van der Waals surface area (Å²) in [7, 11) is 0. The number of non-ortho nitro benzene ring substituents is 1. The number of nitrogens with zero attached hydrogens (tertiary/aromatic N) is 3. The summed E-state index contributed by atoms with van der Waals surface area (Å²) in [6, 6.07) is 19.3. The zero-order valence-electron chi connectivity index (χ0n) is 14.6. The van der Waals surface area contributed by atoms with Gasteiger partial charge in [0.05, 0.1) is 16.0 Å². The van der Waals surface area contributed by atoms with Gasteiger partial charge in [-0.3, -0.25) is 24.9 Å². The minimum atomic E-state index is -0.512. The van der Waals surface area contributed by atoms with Gasteiger partial charge in [-0.05, 0) is 12.1 Å². The summed E-state index contributed by atoms with van der Waals surface area (Å²) >= 11 is 0. The molecule has 0 aliphatic carbocycles. The van der Waals surface area contributed by atoms with E-state index in [-0.39, 0.29) is 17.2 Å². The molecule has 0 bridgehead atoms. The van der Waals surface area contributed by atoms with E-state index in [4.69, 9.17) is 5.11 Å². The van der Waals surface area contributed by atoms with Crippen molar-refractivity contribution in [2.45, 2.75) is 0 Å². The zero-order chi connectivity index (χ0) is 19.9. The topological polar surface area (TPSA) is 106 Å². The number of benzene rings is 3. The second kappa shape index (κ2) is 8.50. The number of carbonyl (C=O) groups excluding carboxylic acids is 1. The molecule has 0 atom stereocenters. The first-order chi connectivity index (χ1) is 13.5. The molecular formula is C21H15N3O4. The average molecular weight is 373 g/mol. The third-order valence-electron chi connectivity index (χ3n) is 3.81. The highest BCUT2D eigenvalue weighted by Crippen LogP contribution is 2.16. The van der Waals surface area contributed by atoms with Crippen molar-refractivity contribution in [1.82, 2.24) is 9.97 Å². The van der Waals surface area contributed by atoms with E-state index < -0.39 is 4.92 Å². The maximum Gasteiger partial charge on any atom is 0.270 e. The monoisotopic (exact) mass is 373 g/mol. The maximum absolute atomic E-state index is 12.0.